The zero-order chi connectivity index (χ0) is 8.43. The summed E-state index contributed by atoms with van der Waals surface area (Å²) in [7, 11) is 0. The molecule has 0 amide bonds. The van der Waals surface area contributed by atoms with E-state index in [9.17, 15) is 4.79 Å². The Labute approximate surface area is 70.7 Å². The molecule has 64 valence electrons. The molecule has 1 fully saturated rings. The molecule has 2 atom stereocenters. The summed E-state index contributed by atoms with van der Waals surface area (Å²) in [4.78, 5) is 11.4. The predicted octanol–water partition coefficient (Wildman–Crippen LogP) is 2.76. The Bertz CT molecular complexity index is 154. The largest absolute Gasteiger partial charge is 1.00 e. The van der Waals surface area contributed by atoms with E-state index in [1.807, 2.05) is 0 Å². The van der Waals surface area contributed by atoms with Gasteiger partial charge in [0.05, 0.1) is 0 Å². The van der Waals surface area contributed by atoms with Crippen LogP contribution < -0.4 is 0 Å². The minimum Gasteiger partial charge on any atom is -0.299 e. The minimum absolute atomic E-state index is 0. The van der Waals surface area contributed by atoms with E-state index in [0.717, 1.165) is 12.8 Å². The molecule has 1 heteroatoms. The van der Waals surface area contributed by atoms with Gasteiger partial charge in [-0.1, -0.05) is 20.8 Å². The van der Waals surface area contributed by atoms with Crippen molar-refractivity contribution in [2.45, 2.75) is 40.0 Å². The molecular weight excluding hydrogens is 136 g/mol. The first-order chi connectivity index (χ1) is 5.11. The van der Waals surface area contributed by atoms with Crippen molar-refractivity contribution in [1.29, 1.82) is 0 Å². The molecule has 0 heterocycles. The SMILES string of the molecule is CC(C)[C@H]1CC[C@H](C)CC1=O.[H+]. The number of ketones is 1. The molecule has 11 heavy (non-hydrogen) atoms. The quantitative estimate of drug-likeness (QED) is 0.569. The lowest BCUT2D eigenvalue weighted by Gasteiger charge is -2.27. The van der Waals surface area contributed by atoms with Crippen molar-refractivity contribution in [3.63, 3.8) is 0 Å². The van der Waals surface area contributed by atoms with E-state index < -0.39 is 0 Å². The standard InChI is InChI=1S/C10H18O/c1-7(2)9-5-4-8(3)6-10(9)11/h7-9H,4-6H2,1-3H3/p+1/t8-,9+/m0/s1. The second kappa shape index (κ2) is 3.38. The van der Waals surface area contributed by atoms with E-state index in [0.29, 0.717) is 23.5 Å². The fraction of sp³-hybridized carbons (Fsp3) is 0.900. The zero-order valence-corrected chi connectivity index (χ0v) is 7.76. The normalized spacial score (nSPS) is 32.9. The summed E-state index contributed by atoms with van der Waals surface area (Å²) in [5, 5.41) is 0. The van der Waals surface area contributed by atoms with Crippen molar-refractivity contribution in [2.24, 2.45) is 17.8 Å². The molecule has 0 saturated heterocycles. The van der Waals surface area contributed by atoms with Gasteiger partial charge in [0, 0.05) is 12.3 Å². The fourth-order valence-corrected chi connectivity index (χ4v) is 1.93. The number of hydrogen-bond acceptors (Lipinski definition) is 1. The third-order valence-corrected chi connectivity index (χ3v) is 2.74. The Morgan fingerprint density at radius 1 is 1.45 bits per heavy atom. The van der Waals surface area contributed by atoms with Crippen LogP contribution in [0.3, 0.4) is 0 Å². The van der Waals surface area contributed by atoms with Crippen LogP contribution in [0, 0.1) is 17.8 Å². The average molecular weight is 155 g/mol. The number of hydrogen-bond donors (Lipinski definition) is 0. The number of carbonyl (C=O) groups is 1. The summed E-state index contributed by atoms with van der Waals surface area (Å²) in [5.41, 5.74) is 0. The van der Waals surface area contributed by atoms with Crippen molar-refractivity contribution >= 4 is 5.78 Å². The molecule has 0 spiro atoms. The average Bonchev–Trinajstić information content (AvgIpc) is 1.85. The van der Waals surface area contributed by atoms with Crippen LogP contribution in [0.4, 0.5) is 0 Å². The van der Waals surface area contributed by atoms with Gasteiger partial charge >= 0.3 is 1.43 Å². The summed E-state index contributed by atoms with van der Waals surface area (Å²) in [6.45, 7) is 6.48. The molecule has 0 N–H and O–H groups in total. The van der Waals surface area contributed by atoms with Crippen LogP contribution in [0.15, 0.2) is 0 Å². The monoisotopic (exact) mass is 155 g/mol. The Hall–Kier alpha value is -0.330. The van der Waals surface area contributed by atoms with Crippen LogP contribution >= 0.6 is 0 Å². The van der Waals surface area contributed by atoms with E-state index in [1.165, 1.54) is 6.42 Å². The second-order valence-electron chi connectivity index (χ2n) is 4.20. The van der Waals surface area contributed by atoms with Crippen molar-refractivity contribution in [3.8, 4) is 0 Å². The topological polar surface area (TPSA) is 17.1 Å². The van der Waals surface area contributed by atoms with Crippen LogP contribution in [0.1, 0.15) is 41.5 Å². The molecule has 0 aromatic carbocycles. The third-order valence-electron chi connectivity index (χ3n) is 2.74. The molecule has 1 aliphatic rings. The number of carbonyl (C=O) groups excluding carboxylic acids is 1. The highest BCUT2D eigenvalue weighted by molar-refractivity contribution is 5.82. The van der Waals surface area contributed by atoms with Crippen LogP contribution in [0.5, 0.6) is 0 Å². The maximum Gasteiger partial charge on any atom is 1.00 e. The molecular formula is C10H19O+. The minimum atomic E-state index is 0. The van der Waals surface area contributed by atoms with Crippen molar-refractivity contribution in [2.75, 3.05) is 0 Å². The van der Waals surface area contributed by atoms with Crippen molar-refractivity contribution in [3.05, 3.63) is 0 Å². The lowest BCUT2D eigenvalue weighted by molar-refractivity contribution is -0.127. The summed E-state index contributed by atoms with van der Waals surface area (Å²) in [6, 6.07) is 0. The summed E-state index contributed by atoms with van der Waals surface area (Å²) >= 11 is 0. The fourth-order valence-electron chi connectivity index (χ4n) is 1.93. The van der Waals surface area contributed by atoms with Crippen LogP contribution in [0.25, 0.3) is 0 Å². The Morgan fingerprint density at radius 3 is 2.55 bits per heavy atom. The highest BCUT2D eigenvalue weighted by atomic mass is 16.1. The molecule has 1 rings (SSSR count). The highest BCUT2D eigenvalue weighted by Crippen LogP contribution is 2.29. The van der Waals surface area contributed by atoms with Crippen molar-refractivity contribution in [1.82, 2.24) is 0 Å². The Kier molecular flexibility index (Phi) is 2.69. The zero-order valence-electron chi connectivity index (χ0n) is 8.76. The van der Waals surface area contributed by atoms with Gasteiger partial charge in [0.2, 0.25) is 0 Å². The van der Waals surface area contributed by atoms with Gasteiger partial charge in [0.25, 0.3) is 0 Å². The molecule has 1 aliphatic carbocycles. The van der Waals surface area contributed by atoms with Gasteiger partial charge in [-0.2, -0.15) is 0 Å². The highest BCUT2D eigenvalue weighted by Gasteiger charge is 2.27. The molecule has 0 aromatic rings. The maximum atomic E-state index is 11.4. The molecule has 0 radical (unpaired) electrons. The molecule has 0 aromatic heterocycles. The Morgan fingerprint density at radius 2 is 2.09 bits per heavy atom. The molecule has 1 saturated carbocycles. The first-order valence-electron chi connectivity index (χ1n) is 4.64. The second-order valence-corrected chi connectivity index (χ2v) is 4.20. The van der Waals surface area contributed by atoms with Crippen LogP contribution in [-0.2, 0) is 4.79 Å². The number of Topliss-reactive ketones (excluding diaryl/α,β-unsaturated/α-hetero) is 1. The summed E-state index contributed by atoms with van der Waals surface area (Å²) < 4.78 is 0. The van der Waals surface area contributed by atoms with E-state index in [-0.39, 0.29) is 1.43 Å². The first kappa shape index (κ1) is 8.76. The van der Waals surface area contributed by atoms with Gasteiger partial charge < -0.3 is 0 Å². The van der Waals surface area contributed by atoms with Crippen molar-refractivity contribution < 1.29 is 6.22 Å². The van der Waals surface area contributed by atoms with Gasteiger partial charge in [-0.3, -0.25) is 4.79 Å². The maximum absolute atomic E-state index is 11.4. The van der Waals surface area contributed by atoms with Gasteiger partial charge in [-0.05, 0) is 24.7 Å². The molecule has 0 aliphatic heterocycles. The van der Waals surface area contributed by atoms with Crippen LogP contribution in [0.2, 0.25) is 0 Å². The molecule has 1 nitrogen and oxygen atoms in total. The van der Waals surface area contributed by atoms with Gasteiger partial charge in [0.1, 0.15) is 5.78 Å². The molecule has 0 bridgehead atoms. The lowest BCUT2D eigenvalue weighted by atomic mass is 9.77. The third kappa shape index (κ3) is 2.05. The van der Waals surface area contributed by atoms with Crippen LogP contribution in [-0.4, -0.2) is 5.78 Å². The van der Waals surface area contributed by atoms with E-state index in [2.05, 4.69) is 20.8 Å². The van der Waals surface area contributed by atoms with Gasteiger partial charge in [0.15, 0.2) is 0 Å². The first-order valence-corrected chi connectivity index (χ1v) is 4.64. The van der Waals surface area contributed by atoms with Gasteiger partial charge in [-0.25, -0.2) is 0 Å². The lowest BCUT2D eigenvalue weighted by Crippen LogP contribution is -2.27. The molecule has 0 unspecified atom stereocenters. The predicted molar refractivity (Wildman–Crippen MR) is 47.5 cm³/mol. The number of rotatable bonds is 1. The van der Waals surface area contributed by atoms with E-state index in [1.54, 1.807) is 0 Å². The van der Waals surface area contributed by atoms with E-state index in [4.69, 9.17) is 0 Å². The van der Waals surface area contributed by atoms with E-state index >= 15 is 0 Å². The summed E-state index contributed by atoms with van der Waals surface area (Å²) in [6.07, 6.45) is 3.19. The smallest absolute Gasteiger partial charge is 0.299 e. The summed E-state index contributed by atoms with van der Waals surface area (Å²) in [5.74, 6) is 2.05. The van der Waals surface area contributed by atoms with Gasteiger partial charge in [-0.15, -0.1) is 0 Å². The Balaban J connectivity index is 0.00000121.